The molecule has 0 radical (unpaired) electrons. The molecule has 10 heteroatoms. The minimum Gasteiger partial charge on any atom is -0.497 e. The Hall–Kier alpha value is -3.92. The summed E-state index contributed by atoms with van der Waals surface area (Å²) in [5.74, 6) is -1.04. The predicted molar refractivity (Wildman–Crippen MR) is 149 cm³/mol. The highest BCUT2D eigenvalue weighted by Gasteiger charge is 2.36. The van der Waals surface area contributed by atoms with Crippen molar-refractivity contribution >= 4 is 34.9 Å². The summed E-state index contributed by atoms with van der Waals surface area (Å²) in [6, 6.07) is 13.9. The van der Waals surface area contributed by atoms with Crippen molar-refractivity contribution in [1.29, 1.82) is 0 Å². The summed E-state index contributed by atoms with van der Waals surface area (Å²) >= 11 is 0.795. The Morgan fingerprint density at radius 3 is 2.34 bits per heavy atom. The van der Waals surface area contributed by atoms with Crippen LogP contribution in [-0.4, -0.2) is 46.2 Å². The molecule has 1 aromatic heterocycles. The summed E-state index contributed by atoms with van der Waals surface area (Å²) in [5, 5.41) is 3.09. The normalized spacial score (nSPS) is 12.0. The highest BCUT2D eigenvalue weighted by molar-refractivity contribution is 7.09. The third-order valence-corrected chi connectivity index (χ3v) is 7.49. The molecule has 0 aliphatic heterocycles. The molecular formula is C28H35N5O4S. The Morgan fingerprint density at radius 2 is 1.79 bits per heavy atom. The second-order valence-corrected chi connectivity index (χ2v) is 10.5. The topological polar surface area (TPSA) is 141 Å². The van der Waals surface area contributed by atoms with Crippen molar-refractivity contribution in [2.24, 2.45) is 5.73 Å². The van der Waals surface area contributed by atoms with Gasteiger partial charge in [-0.1, -0.05) is 43.3 Å². The first-order chi connectivity index (χ1) is 18.0. The lowest BCUT2D eigenvalue weighted by Gasteiger charge is -2.34. The summed E-state index contributed by atoms with van der Waals surface area (Å²) < 4.78 is 9.30. The molecule has 0 fully saturated rings. The Morgan fingerprint density at radius 1 is 1.13 bits per heavy atom. The van der Waals surface area contributed by atoms with E-state index in [4.69, 9.17) is 16.2 Å². The number of benzene rings is 2. The number of primary amides is 1. The maximum atomic E-state index is 14.0. The summed E-state index contributed by atoms with van der Waals surface area (Å²) in [7, 11) is 1.56. The van der Waals surface area contributed by atoms with Crippen LogP contribution >= 0.6 is 11.5 Å². The zero-order chi connectivity index (χ0) is 28.0. The lowest BCUT2D eigenvalue weighted by atomic mass is 9.97. The highest BCUT2D eigenvalue weighted by Crippen LogP contribution is 2.31. The van der Waals surface area contributed by atoms with Crippen molar-refractivity contribution in [3.05, 3.63) is 75.8 Å². The van der Waals surface area contributed by atoms with E-state index >= 15 is 0 Å². The van der Waals surface area contributed by atoms with Gasteiger partial charge in [0.1, 0.15) is 16.7 Å². The largest absolute Gasteiger partial charge is 0.497 e. The summed E-state index contributed by atoms with van der Waals surface area (Å²) in [6.07, 6.45) is 1.19. The molecule has 2 aromatic carbocycles. The van der Waals surface area contributed by atoms with Gasteiger partial charge in [-0.2, -0.15) is 4.37 Å². The maximum Gasteiger partial charge on any atom is 0.270 e. The Balaban J connectivity index is 2.12. The van der Waals surface area contributed by atoms with Crippen molar-refractivity contribution in [1.82, 2.24) is 14.6 Å². The number of nitrogen functional groups attached to an aromatic ring is 1. The number of nitrogens with two attached hydrogens (primary N) is 2. The average molecular weight is 538 g/mol. The second kappa shape index (κ2) is 12.1. The number of ether oxygens (including phenoxy) is 1. The molecule has 202 valence electrons. The van der Waals surface area contributed by atoms with E-state index in [1.54, 1.807) is 31.4 Å². The van der Waals surface area contributed by atoms with Gasteiger partial charge >= 0.3 is 0 Å². The molecule has 3 rings (SSSR count). The molecule has 1 atom stereocenters. The van der Waals surface area contributed by atoms with Gasteiger partial charge in [0.2, 0.25) is 5.91 Å². The number of hydrogen-bond donors (Lipinski definition) is 3. The van der Waals surface area contributed by atoms with Crippen LogP contribution in [0.4, 0.5) is 5.69 Å². The van der Waals surface area contributed by atoms with Gasteiger partial charge in [-0.25, -0.2) is 0 Å². The molecular weight excluding hydrogens is 502 g/mol. The molecule has 3 aromatic rings. The molecule has 1 heterocycles. The lowest BCUT2D eigenvalue weighted by molar-refractivity contribution is -0.127. The van der Waals surface area contributed by atoms with Crippen LogP contribution in [0.5, 0.6) is 5.75 Å². The molecule has 0 aliphatic carbocycles. The first-order valence-electron chi connectivity index (χ1n) is 12.4. The first-order valence-corrected chi connectivity index (χ1v) is 13.1. The summed E-state index contributed by atoms with van der Waals surface area (Å²) in [4.78, 5) is 41.2. The number of nitrogens with one attached hydrogen (secondary N) is 1. The zero-order valence-corrected chi connectivity index (χ0v) is 23.2. The summed E-state index contributed by atoms with van der Waals surface area (Å²) in [5.41, 5.74) is 13.5. The molecule has 0 saturated carbocycles. The van der Waals surface area contributed by atoms with E-state index in [1.165, 1.54) is 4.90 Å². The van der Waals surface area contributed by atoms with E-state index in [-0.39, 0.29) is 28.7 Å². The van der Waals surface area contributed by atoms with Crippen LogP contribution in [0.15, 0.2) is 48.5 Å². The van der Waals surface area contributed by atoms with Crippen LogP contribution in [0.25, 0.3) is 0 Å². The van der Waals surface area contributed by atoms with Crippen LogP contribution in [0.2, 0.25) is 0 Å². The van der Waals surface area contributed by atoms with Crippen LogP contribution in [0.1, 0.15) is 70.1 Å². The van der Waals surface area contributed by atoms with Crippen molar-refractivity contribution in [2.75, 3.05) is 19.4 Å². The van der Waals surface area contributed by atoms with Crippen molar-refractivity contribution in [2.45, 2.75) is 52.1 Å². The van der Waals surface area contributed by atoms with Crippen LogP contribution < -0.4 is 21.5 Å². The third-order valence-electron chi connectivity index (χ3n) is 6.64. The van der Waals surface area contributed by atoms with E-state index in [9.17, 15) is 14.4 Å². The number of aromatic nitrogens is 1. The van der Waals surface area contributed by atoms with Gasteiger partial charge in [0, 0.05) is 12.1 Å². The summed E-state index contributed by atoms with van der Waals surface area (Å²) in [6.45, 7) is 8.04. The number of hydrogen-bond acceptors (Lipinski definition) is 7. The van der Waals surface area contributed by atoms with E-state index in [2.05, 4.69) is 9.69 Å². The fraction of sp³-hybridized carbons (Fsp3) is 0.357. The average Bonchev–Trinajstić information content (AvgIpc) is 3.28. The molecule has 0 saturated heterocycles. The molecule has 9 nitrogen and oxygen atoms in total. The first kappa shape index (κ1) is 28.6. The number of carbonyl (C=O) groups excluding carboxylic acids is 3. The van der Waals surface area contributed by atoms with Crippen molar-refractivity contribution < 1.29 is 19.1 Å². The Kier molecular flexibility index (Phi) is 9.11. The van der Waals surface area contributed by atoms with E-state index in [0.717, 1.165) is 22.7 Å². The van der Waals surface area contributed by atoms with Gasteiger partial charge in [0.15, 0.2) is 5.69 Å². The highest BCUT2D eigenvalue weighted by atomic mass is 32.1. The van der Waals surface area contributed by atoms with Gasteiger partial charge in [0.25, 0.3) is 11.8 Å². The van der Waals surface area contributed by atoms with E-state index in [1.807, 2.05) is 52.0 Å². The number of anilines is 1. The van der Waals surface area contributed by atoms with E-state index in [0.29, 0.717) is 24.2 Å². The number of methoxy groups -OCH3 is 1. The molecule has 0 aliphatic rings. The Labute approximate surface area is 227 Å². The standard InChI is InChI=1S/C28H35N5O4S/c1-6-28(3,4)31-26(35)23(19-11-13-20(37-5)14-12-19)33(16-15-18-10-8-7-9-17(18)2)27(36)24-21(29)22(25(30)34)32-38-24/h7-14,23H,6,15-16,29H2,1-5H3,(H2,30,34)(H,31,35)/t23-/m1/s1. The van der Waals surface area contributed by atoms with Crippen LogP contribution in [0.3, 0.4) is 0 Å². The van der Waals surface area contributed by atoms with Crippen molar-refractivity contribution in [3.63, 3.8) is 0 Å². The van der Waals surface area contributed by atoms with Crippen LogP contribution in [0, 0.1) is 6.92 Å². The quantitative estimate of drug-likeness (QED) is 0.339. The number of rotatable bonds is 11. The number of amides is 3. The monoisotopic (exact) mass is 537 g/mol. The van der Waals surface area contributed by atoms with Gasteiger partial charge in [-0.15, -0.1) is 0 Å². The second-order valence-electron chi connectivity index (χ2n) is 9.72. The molecule has 0 spiro atoms. The van der Waals surface area contributed by atoms with Gasteiger partial charge in [-0.05, 0) is 74.0 Å². The third kappa shape index (κ3) is 6.49. The smallest absolute Gasteiger partial charge is 0.270 e. The number of nitrogens with zero attached hydrogens (tertiary/aromatic N) is 2. The molecule has 0 unspecified atom stereocenters. The van der Waals surface area contributed by atoms with Gasteiger partial charge in [-0.3, -0.25) is 14.4 Å². The minimum atomic E-state index is -0.984. The minimum absolute atomic E-state index is 0.0599. The fourth-order valence-corrected chi connectivity index (χ4v) is 4.75. The Bertz CT molecular complexity index is 1300. The predicted octanol–water partition coefficient (Wildman–Crippen LogP) is 3.87. The lowest BCUT2D eigenvalue weighted by Crippen LogP contribution is -2.50. The zero-order valence-electron chi connectivity index (χ0n) is 22.4. The fourth-order valence-electron chi connectivity index (χ4n) is 3.99. The number of aryl methyl sites for hydroxylation is 1. The van der Waals surface area contributed by atoms with Gasteiger partial charge in [0.05, 0.1) is 12.8 Å². The SMILES string of the molecule is CCC(C)(C)NC(=O)[C@@H](c1ccc(OC)cc1)N(CCc1ccccc1C)C(=O)c1snc(C(N)=O)c1N. The molecule has 3 amide bonds. The van der Waals surface area contributed by atoms with Gasteiger partial charge < -0.3 is 26.4 Å². The molecule has 38 heavy (non-hydrogen) atoms. The van der Waals surface area contributed by atoms with Crippen molar-refractivity contribution in [3.8, 4) is 5.75 Å². The maximum absolute atomic E-state index is 14.0. The molecule has 5 N–H and O–H groups in total. The van der Waals surface area contributed by atoms with E-state index < -0.39 is 23.4 Å². The number of carbonyl (C=O) groups is 3. The van der Waals surface area contributed by atoms with Crippen LogP contribution in [-0.2, 0) is 11.2 Å². The molecule has 0 bridgehead atoms.